The summed E-state index contributed by atoms with van der Waals surface area (Å²) >= 11 is 0. The number of carbonyl (C=O) groups is 9. The molecule has 21 nitrogen and oxygen atoms in total. The Labute approximate surface area is 518 Å². The Morgan fingerprint density at radius 1 is 0.559 bits per heavy atom. The predicted octanol–water partition coefficient (Wildman–Crippen LogP) is 10.6. The lowest BCUT2D eigenvalue weighted by Crippen LogP contribution is -2.61. The van der Waals surface area contributed by atoms with Crippen LogP contribution in [0.5, 0.6) is 0 Å². The molecule has 1 fully saturated rings. The molecule has 6 N–H and O–H groups in total. The van der Waals surface area contributed by atoms with Gasteiger partial charge < -0.3 is 44.8 Å². The number of aliphatic carboxylic acids is 1. The van der Waals surface area contributed by atoms with Crippen molar-refractivity contribution in [2.24, 2.45) is 0 Å². The fourth-order valence-electron chi connectivity index (χ4n) is 12.2. The van der Waals surface area contributed by atoms with E-state index in [1.807, 2.05) is 0 Å². The van der Waals surface area contributed by atoms with Crippen LogP contribution in [-0.4, -0.2) is 100 Å². The molecule has 7 aromatic rings. The summed E-state index contributed by atoms with van der Waals surface area (Å²) in [7, 11) is 1.09. The number of carboxylic acids is 1. The summed E-state index contributed by atoms with van der Waals surface area (Å²) in [5.74, 6) is -15.2. The molecule has 0 bridgehead atoms. The molecular formula is C61H53F11N10O11. The van der Waals surface area contributed by atoms with E-state index in [2.05, 4.69) is 41.4 Å². The number of hydrogen-bond acceptors (Lipinski definition) is 12. The molecule has 1 saturated carbocycles. The zero-order chi connectivity index (χ0) is 67.9. The number of aromatic nitrogens is 6. The molecule has 1 aliphatic carbocycles. The Hall–Kier alpha value is -10.3. The van der Waals surface area contributed by atoms with E-state index >= 15 is 0 Å². The maximum atomic E-state index is 13.8. The van der Waals surface area contributed by atoms with Crippen LogP contribution in [-0.2, 0) is 63.6 Å². The van der Waals surface area contributed by atoms with Gasteiger partial charge in [-0.05, 0) is 131 Å². The van der Waals surface area contributed by atoms with E-state index in [9.17, 15) is 91.4 Å². The van der Waals surface area contributed by atoms with E-state index in [1.54, 1.807) is 4.57 Å². The summed E-state index contributed by atoms with van der Waals surface area (Å²) in [6.45, 7) is 5.66. The van der Waals surface area contributed by atoms with Crippen LogP contribution in [0.1, 0.15) is 170 Å². The number of fused-ring (bicyclic) bond motifs is 3. The number of anilines is 3. The van der Waals surface area contributed by atoms with Gasteiger partial charge in [0.25, 0.3) is 66.2 Å². The zero-order valence-electron chi connectivity index (χ0n) is 49.2. The SMILES string of the molecule is COC(=O)C(=O)c1c(C)c(C(=O)Nc2ccc(F)c(C(F)F)c2)c2n1CCC2.Cc1c(C(=O)Nc2ccc(F)c(C(F)F)c2)c2n(c1C(=O)C(=O)NC1(c3cn[nH]n3)CC(F)(F)C1)CCC2.Cc1c(C(=O)Nc2ccc(F)c(C(F)F)c2)c2n(c1C(=O)C(=O)O)CCC2. The Morgan fingerprint density at radius 2 is 0.914 bits per heavy atom. The quantitative estimate of drug-likeness (QED) is 0.0214. The predicted molar refractivity (Wildman–Crippen MR) is 303 cm³/mol. The first-order valence-electron chi connectivity index (χ1n) is 28.2. The number of nitrogens with one attached hydrogen (secondary N) is 5. The van der Waals surface area contributed by atoms with Gasteiger partial charge in [0, 0.05) is 66.6 Å². The van der Waals surface area contributed by atoms with Crippen molar-refractivity contribution in [3.05, 3.63) is 168 Å². The number of carbonyl (C=O) groups excluding carboxylic acids is 8. The van der Waals surface area contributed by atoms with E-state index in [0.717, 1.165) is 55.6 Å². The highest BCUT2D eigenvalue weighted by Gasteiger charge is 2.60. The molecule has 11 rings (SSSR count). The highest BCUT2D eigenvalue weighted by atomic mass is 19.3. The van der Waals surface area contributed by atoms with Gasteiger partial charge in [0.15, 0.2) is 0 Å². The second kappa shape index (κ2) is 26.5. The third kappa shape index (κ3) is 13.1. The number of nitrogens with zero attached hydrogens (tertiary/aromatic N) is 5. The minimum atomic E-state index is -3.09. The van der Waals surface area contributed by atoms with Gasteiger partial charge >= 0.3 is 11.9 Å². The van der Waals surface area contributed by atoms with Crippen LogP contribution in [0.2, 0.25) is 0 Å². The topological polar surface area (TPSA) is 288 Å². The zero-order valence-corrected chi connectivity index (χ0v) is 49.2. The number of hydrogen-bond donors (Lipinski definition) is 6. The van der Waals surface area contributed by atoms with Gasteiger partial charge in [-0.3, -0.25) is 33.6 Å². The van der Waals surface area contributed by atoms with Gasteiger partial charge in [-0.15, -0.1) is 0 Å². The van der Waals surface area contributed by atoms with Crippen molar-refractivity contribution in [1.29, 1.82) is 0 Å². The summed E-state index contributed by atoms with van der Waals surface area (Å²) in [5.41, 5.74) is -1.54. The molecule has 32 heteroatoms. The van der Waals surface area contributed by atoms with E-state index in [0.29, 0.717) is 80.8 Å². The van der Waals surface area contributed by atoms with Gasteiger partial charge in [0.1, 0.15) is 34.5 Å². The number of ketones is 3. The number of carboxylic acid groups (broad SMARTS) is 1. The maximum Gasteiger partial charge on any atom is 0.381 e. The number of amides is 4. The lowest BCUT2D eigenvalue weighted by atomic mass is 9.71. The number of benzene rings is 3. The number of esters is 1. The van der Waals surface area contributed by atoms with E-state index < -0.39 is 131 Å². The highest BCUT2D eigenvalue weighted by molar-refractivity contribution is 6.43. The molecule has 3 aliphatic heterocycles. The molecule has 0 spiro atoms. The molecule has 4 aromatic heterocycles. The molecule has 0 saturated heterocycles. The number of methoxy groups -OCH3 is 1. The summed E-state index contributed by atoms with van der Waals surface area (Å²) in [5, 5.41) is 28.5. The van der Waals surface area contributed by atoms with Crippen molar-refractivity contribution in [1.82, 2.24) is 34.4 Å². The third-order valence-corrected chi connectivity index (χ3v) is 16.2. The molecule has 0 unspecified atom stereocenters. The lowest BCUT2D eigenvalue weighted by Gasteiger charge is -2.46. The number of rotatable bonds is 17. The monoisotopic (exact) mass is 1310 g/mol. The van der Waals surface area contributed by atoms with E-state index in [1.165, 1.54) is 42.2 Å². The highest BCUT2D eigenvalue weighted by Crippen LogP contribution is 2.51. The second-order valence-corrected chi connectivity index (χ2v) is 22.0. The summed E-state index contributed by atoms with van der Waals surface area (Å²) in [6, 6.07) is 8.45. The average Bonchev–Trinajstić information content (AvgIpc) is 1.69. The Balaban J connectivity index is 0.000000168. The average molecular weight is 1310 g/mol. The van der Waals surface area contributed by atoms with Gasteiger partial charge in [0.2, 0.25) is 0 Å². The summed E-state index contributed by atoms with van der Waals surface area (Å²) in [6.07, 6.45) is -6.20. The van der Waals surface area contributed by atoms with Crippen LogP contribution in [0, 0.1) is 38.2 Å². The standard InChI is InChI=1S/C24H21F5N6O3.C19H17F3N2O4.C18H15F3N2O4/c1-11-17(21(37)31-12-4-5-14(25)13(7-12)20(26)27)15-3-2-6-35(15)18(11)19(36)22(38)32-23(9-24(28,29)10-23)16-8-30-34-33-16;1-9-14(13-4-3-7-24(13)15(9)16(25)19(27)28-2)18(26)23-10-5-6-12(20)11(8-10)17(21)22;1-8-13(12-3-2-6-23(12)14(8)15(24)18(26)27)17(25)22-9-4-5-11(19)10(7-9)16(20)21/h4-5,7-8,20H,2-3,6,9-10H2,1H3,(H,31,37)(H,32,38)(H,30,33,34);5-6,8,17H,3-4,7H2,1-2H3,(H,23,26);4-5,7,16H,2-3,6H2,1H3,(H,22,25)(H,26,27). The minimum Gasteiger partial charge on any atom is -0.475 e. The van der Waals surface area contributed by atoms with Crippen LogP contribution >= 0.6 is 0 Å². The van der Waals surface area contributed by atoms with Crippen LogP contribution < -0.4 is 21.3 Å². The molecule has 0 atom stereocenters. The number of Topliss-reactive ketones (excluding diaryl/α,β-unsaturated/α-hetero) is 3. The van der Waals surface area contributed by atoms with Crippen molar-refractivity contribution in [2.75, 3.05) is 23.1 Å². The van der Waals surface area contributed by atoms with Crippen LogP contribution in [0.15, 0.2) is 60.8 Å². The smallest absolute Gasteiger partial charge is 0.381 e. The first kappa shape index (κ1) is 67.1. The van der Waals surface area contributed by atoms with E-state index in [-0.39, 0.29) is 67.7 Å². The normalized spacial score (nSPS) is 14.6. The van der Waals surface area contributed by atoms with Crippen molar-refractivity contribution < 1.29 is 101 Å². The molecule has 3 aromatic carbocycles. The Kier molecular flexibility index (Phi) is 19.1. The van der Waals surface area contributed by atoms with Crippen molar-refractivity contribution in [2.45, 2.75) is 123 Å². The fourth-order valence-corrected chi connectivity index (χ4v) is 12.2. The molecule has 490 valence electrons. The van der Waals surface area contributed by atoms with E-state index in [4.69, 9.17) is 5.11 Å². The number of alkyl halides is 8. The van der Waals surface area contributed by atoms with Gasteiger partial charge in [-0.2, -0.15) is 15.4 Å². The first-order valence-corrected chi connectivity index (χ1v) is 28.2. The molecule has 4 amide bonds. The maximum absolute atomic E-state index is 13.8. The Bertz CT molecular complexity index is 4220. The second-order valence-electron chi connectivity index (χ2n) is 22.0. The Morgan fingerprint density at radius 3 is 1.23 bits per heavy atom. The molecular weight excluding hydrogens is 1260 g/mol. The van der Waals surface area contributed by atoms with Crippen LogP contribution in [0.25, 0.3) is 0 Å². The number of aromatic amines is 1. The molecule has 0 radical (unpaired) electrons. The third-order valence-electron chi connectivity index (χ3n) is 16.2. The molecule has 4 aliphatic rings. The largest absolute Gasteiger partial charge is 0.475 e. The molecule has 93 heavy (non-hydrogen) atoms. The minimum absolute atomic E-state index is 0.000101. The number of H-pyrrole nitrogens is 1. The number of ether oxygens (including phenoxy) is 1. The lowest BCUT2D eigenvalue weighted by molar-refractivity contribution is -0.148. The van der Waals surface area contributed by atoms with Crippen molar-refractivity contribution in [3.63, 3.8) is 0 Å². The van der Waals surface area contributed by atoms with Gasteiger partial charge in [-0.1, -0.05) is 0 Å². The van der Waals surface area contributed by atoms with Crippen LogP contribution in [0.4, 0.5) is 65.4 Å². The first-order chi connectivity index (χ1) is 43.9. The van der Waals surface area contributed by atoms with Gasteiger partial charge in [-0.25, -0.2) is 57.9 Å². The summed E-state index contributed by atoms with van der Waals surface area (Å²) < 4.78 is 155. The fraction of sp³-hybridized carbons (Fsp3) is 0.328. The van der Waals surface area contributed by atoms with Gasteiger partial charge in [0.05, 0.1) is 57.9 Å². The van der Waals surface area contributed by atoms with Crippen LogP contribution in [0.3, 0.4) is 0 Å². The van der Waals surface area contributed by atoms with Crippen molar-refractivity contribution in [3.8, 4) is 0 Å². The number of halogens is 11. The summed E-state index contributed by atoms with van der Waals surface area (Å²) in [4.78, 5) is 112. The molecule has 7 heterocycles. The van der Waals surface area contributed by atoms with Crippen molar-refractivity contribution >= 4 is 70.0 Å².